The number of rotatable bonds is 4. The molecule has 1 aliphatic rings. The number of carbonyl (C=O) groups is 1. The van der Waals surface area contributed by atoms with Gasteiger partial charge < -0.3 is 11.1 Å². The topological polar surface area (TPSA) is 55.1 Å². The Labute approximate surface area is 106 Å². The van der Waals surface area contributed by atoms with Crippen molar-refractivity contribution in [3.8, 4) is 0 Å². The van der Waals surface area contributed by atoms with Gasteiger partial charge in [0.2, 0.25) is 5.91 Å². The number of amides is 1. The van der Waals surface area contributed by atoms with Crippen molar-refractivity contribution in [1.29, 1.82) is 0 Å². The average Bonchev–Trinajstić information content (AvgIpc) is 2.28. The Balaban J connectivity index is 2.19. The third-order valence-corrected chi connectivity index (χ3v) is 3.79. The van der Waals surface area contributed by atoms with Gasteiger partial charge in [0.15, 0.2) is 0 Å². The molecule has 1 aliphatic carbocycles. The Morgan fingerprint density at radius 2 is 1.88 bits per heavy atom. The van der Waals surface area contributed by atoms with Crippen LogP contribution in [0.15, 0.2) is 0 Å². The summed E-state index contributed by atoms with van der Waals surface area (Å²) in [5.41, 5.74) is 5.74. The van der Waals surface area contributed by atoms with E-state index in [1.54, 1.807) is 0 Å². The molecule has 0 spiro atoms. The number of hydrogen-bond donors (Lipinski definition) is 2. The Hall–Kier alpha value is -0.570. The number of carbonyl (C=O) groups excluding carboxylic acids is 1. The first-order valence-corrected chi connectivity index (χ1v) is 6.94. The molecular weight excluding hydrogens is 212 g/mol. The Kier molecular flexibility index (Phi) is 5.44. The van der Waals surface area contributed by atoms with E-state index in [0.29, 0.717) is 0 Å². The van der Waals surface area contributed by atoms with Crippen molar-refractivity contribution in [2.45, 2.75) is 65.3 Å². The average molecular weight is 240 g/mol. The van der Waals surface area contributed by atoms with E-state index in [0.717, 1.165) is 18.9 Å². The zero-order valence-corrected chi connectivity index (χ0v) is 11.6. The second-order valence-corrected chi connectivity index (χ2v) is 6.43. The van der Waals surface area contributed by atoms with Gasteiger partial charge in [0, 0.05) is 6.54 Å². The molecule has 1 amide bonds. The van der Waals surface area contributed by atoms with Crippen molar-refractivity contribution < 1.29 is 4.79 Å². The van der Waals surface area contributed by atoms with E-state index >= 15 is 0 Å². The van der Waals surface area contributed by atoms with Crippen LogP contribution in [0, 0.1) is 11.3 Å². The fraction of sp³-hybridized carbons (Fsp3) is 0.929. The second-order valence-electron chi connectivity index (χ2n) is 6.43. The van der Waals surface area contributed by atoms with E-state index in [4.69, 9.17) is 5.73 Å². The van der Waals surface area contributed by atoms with Crippen LogP contribution in [0.1, 0.15) is 59.3 Å². The highest BCUT2D eigenvalue weighted by Crippen LogP contribution is 2.25. The normalized spacial score (nSPS) is 20.0. The smallest absolute Gasteiger partial charge is 0.237 e. The molecule has 0 unspecified atom stereocenters. The van der Waals surface area contributed by atoms with Gasteiger partial charge in [-0.3, -0.25) is 4.79 Å². The molecule has 0 aliphatic heterocycles. The molecule has 3 heteroatoms. The lowest BCUT2D eigenvalue weighted by atomic mass is 9.86. The zero-order valence-electron chi connectivity index (χ0n) is 11.6. The minimum atomic E-state index is -0.408. The maximum absolute atomic E-state index is 11.8. The summed E-state index contributed by atoms with van der Waals surface area (Å²) in [4.78, 5) is 11.8. The van der Waals surface area contributed by atoms with Gasteiger partial charge in [-0.2, -0.15) is 0 Å². The van der Waals surface area contributed by atoms with Crippen molar-refractivity contribution in [2.75, 3.05) is 6.54 Å². The Morgan fingerprint density at radius 1 is 1.29 bits per heavy atom. The summed E-state index contributed by atoms with van der Waals surface area (Å²) in [5.74, 6) is 0.809. The summed E-state index contributed by atoms with van der Waals surface area (Å²) < 4.78 is 0. The lowest BCUT2D eigenvalue weighted by Gasteiger charge is -2.26. The van der Waals surface area contributed by atoms with Crippen LogP contribution in [0.4, 0.5) is 0 Å². The van der Waals surface area contributed by atoms with Crippen molar-refractivity contribution in [2.24, 2.45) is 17.1 Å². The molecule has 1 rings (SSSR count). The highest BCUT2D eigenvalue weighted by molar-refractivity contribution is 5.82. The molecule has 0 radical (unpaired) electrons. The van der Waals surface area contributed by atoms with E-state index in [1.165, 1.54) is 32.1 Å². The van der Waals surface area contributed by atoms with E-state index in [2.05, 4.69) is 5.32 Å². The third-order valence-electron chi connectivity index (χ3n) is 3.79. The van der Waals surface area contributed by atoms with Crippen LogP contribution in [0.5, 0.6) is 0 Å². The first kappa shape index (κ1) is 14.5. The quantitative estimate of drug-likeness (QED) is 0.793. The van der Waals surface area contributed by atoms with E-state index in [-0.39, 0.29) is 11.3 Å². The fourth-order valence-electron chi connectivity index (χ4n) is 2.38. The van der Waals surface area contributed by atoms with Crippen LogP contribution in [0.2, 0.25) is 0 Å². The van der Waals surface area contributed by atoms with E-state index in [1.807, 2.05) is 20.8 Å². The molecule has 3 nitrogen and oxygen atoms in total. The standard InChI is InChI=1S/C14H28N2O/c1-14(2,3)12(15)13(17)16-10-9-11-7-5-4-6-8-11/h11-12H,4-10,15H2,1-3H3,(H,16,17)/t12-/m0/s1. The molecule has 1 atom stereocenters. The Morgan fingerprint density at radius 3 is 2.41 bits per heavy atom. The lowest BCUT2D eigenvalue weighted by molar-refractivity contribution is -0.124. The van der Waals surface area contributed by atoms with Gasteiger partial charge in [0.05, 0.1) is 6.04 Å². The number of nitrogens with two attached hydrogens (primary N) is 1. The molecule has 1 fully saturated rings. The zero-order chi connectivity index (χ0) is 12.9. The summed E-state index contributed by atoms with van der Waals surface area (Å²) in [6, 6.07) is -0.408. The fourth-order valence-corrected chi connectivity index (χ4v) is 2.38. The van der Waals surface area contributed by atoms with Gasteiger partial charge in [-0.1, -0.05) is 52.9 Å². The molecule has 0 aromatic rings. The molecule has 0 aromatic heterocycles. The molecule has 0 aromatic carbocycles. The van der Waals surface area contributed by atoms with Gasteiger partial charge in [-0.15, -0.1) is 0 Å². The molecule has 3 N–H and O–H groups in total. The first-order chi connectivity index (χ1) is 7.91. The minimum absolute atomic E-state index is 0.00619. The van der Waals surface area contributed by atoms with Crippen LogP contribution in [0.3, 0.4) is 0 Å². The van der Waals surface area contributed by atoms with Crippen LogP contribution in [-0.4, -0.2) is 18.5 Å². The van der Waals surface area contributed by atoms with Crippen molar-refractivity contribution in [3.63, 3.8) is 0 Å². The van der Waals surface area contributed by atoms with E-state index < -0.39 is 6.04 Å². The van der Waals surface area contributed by atoms with Gasteiger partial charge >= 0.3 is 0 Å². The Bertz CT molecular complexity index is 239. The third kappa shape index (κ3) is 5.07. The lowest BCUT2D eigenvalue weighted by Crippen LogP contribution is -2.48. The number of hydrogen-bond acceptors (Lipinski definition) is 2. The van der Waals surface area contributed by atoms with Gasteiger partial charge in [0.1, 0.15) is 0 Å². The highest BCUT2D eigenvalue weighted by atomic mass is 16.2. The first-order valence-electron chi connectivity index (χ1n) is 6.94. The molecule has 100 valence electrons. The highest BCUT2D eigenvalue weighted by Gasteiger charge is 2.27. The molecular formula is C14H28N2O. The van der Waals surface area contributed by atoms with E-state index in [9.17, 15) is 4.79 Å². The predicted molar refractivity (Wildman–Crippen MR) is 71.6 cm³/mol. The monoisotopic (exact) mass is 240 g/mol. The molecule has 1 saturated carbocycles. The summed E-state index contributed by atoms with van der Waals surface area (Å²) in [6.07, 6.45) is 7.89. The summed E-state index contributed by atoms with van der Waals surface area (Å²) in [5, 5.41) is 2.97. The maximum Gasteiger partial charge on any atom is 0.237 e. The summed E-state index contributed by atoms with van der Waals surface area (Å²) >= 11 is 0. The SMILES string of the molecule is CC(C)(C)[C@@H](N)C(=O)NCCC1CCCCC1. The minimum Gasteiger partial charge on any atom is -0.355 e. The van der Waals surface area contributed by atoms with Crippen molar-refractivity contribution in [3.05, 3.63) is 0 Å². The molecule has 0 bridgehead atoms. The number of nitrogens with one attached hydrogen (secondary N) is 1. The molecule has 0 heterocycles. The van der Waals surface area contributed by atoms with Gasteiger partial charge in [0.25, 0.3) is 0 Å². The van der Waals surface area contributed by atoms with Gasteiger partial charge in [-0.25, -0.2) is 0 Å². The van der Waals surface area contributed by atoms with Crippen molar-refractivity contribution in [1.82, 2.24) is 5.32 Å². The summed E-state index contributed by atoms with van der Waals surface area (Å²) in [6.45, 7) is 6.78. The van der Waals surface area contributed by atoms with Crippen LogP contribution in [0.25, 0.3) is 0 Å². The van der Waals surface area contributed by atoms with Crippen LogP contribution < -0.4 is 11.1 Å². The summed E-state index contributed by atoms with van der Waals surface area (Å²) in [7, 11) is 0. The molecule has 17 heavy (non-hydrogen) atoms. The second kappa shape index (κ2) is 6.39. The maximum atomic E-state index is 11.8. The van der Waals surface area contributed by atoms with Gasteiger partial charge in [-0.05, 0) is 17.8 Å². The van der Waals surface area contributed by atoms with Crippen LogP contribution >= 0.6 is 0 Å². The predicted octanol–water partition coefficient (Wildman–Crippen LogP) is 2.45. The van der Waals surface area contributed by atoms with Crippen molar-refractivity contribution >= 4 is 5.91 Å². The largest absolute Gasteiger partial charge is 0.355 e. The van der Waals surface area contributed by atoms with Crippen LogP contribution in [-0.2, 0) is 4.79 Å². The molecule has 0 saturated heterocycles.